The van der Waals surface area contributed by atoms with Gasteiger partial charge in [-0.3, -0.25) is 0 Å². The van der Waals surface area contributed by atoms with E-state index in [-0.39, 0.29) is 30.8 Å². The number of nitrogens with one attached hydrogen (secondary N) is 2. The minimum atomic E-state index is -0.291. The minimum absolute atomic E-state index is 0.0814. The summed E-state index contributed by atoms with van der Waals surface area (Å²) in [7, 11) is 0. The summed E-state index contributed by atoms with van der Waals surface area (Å²) in [5.74, 6) is 0. The first-order valence-corrected chi connectivity index (χ1v) is 7.03. The highest BCUT2D eigenvalue weighted by molar-refractivity contribution is 6.30. The second-order valence-electron chi connectivity index (χ2n) is 4.94. The third-order valence-electron chi connectivity index (χ3n) is 3.26. The lowest BCUT2D eigenvalue weighted by Crippen LogP contribution is -2.47. The second-order valence-corrected chi connectivity index (χ2v) is 5.38. The second kappa shape index (κ2) is 6.92. The molecule has 1 aliphatic heterocycles. The van der Waals surface area contributed by atoms with Crippen molar-refractivity contribution in [3.05, 3.63) is 34.9 Å². The molecule has 2 rings (SSSR count). The monoisotopic (exact) mass is 298 g/mol. The van der Waals surface area contributed by atoms with Crippen molar-refractivity contribution in [2.24, 2.45) is 0 Å². The van der Waals surface area contributed by atoms with E-state index >= 15 is 0 Å². The van der Waals surface area contributed by atoms with Crippen molar-refractivity contribution in [3.63, 3.8) is 0 Å². The van der Waals surface area contributed by atoms with Gasteiger partial charge in [0.2, 0.25) is 0 Å². The van der Waals surface area contributed by atoms with Crippen LogP contribution in [0.4, 0.5) is 4.79 Å². The summed E-state index contributed by atoms with van der Waals surface area (Å²) in [4.78, 5) is 11.8. The topological polar surface area (TPSA) is 70.6 Å². The average Bonchev–Trinajstić information content (AvgIpc) is 2.87. The summed E-state index contributed by atoms with van der Waals surface area (Å²) < 4.78 is 5.69. The first-order chi connectivity index (χ1) is 9.60. The van der Waals surface area contributed by atoms with Gasteiger partial charge in [-0.1, -0.05) is 23.7 Å². The van der Waals surface area contributed by atoms with Gasteiger partial charge in [-0.25, -0.2) is 4.79 Å². The van der Waals surface area contributed by atoms with Crippen molar-refractivity contribution < 1.29 is 14.6 Å². The van der Waals surface area contributed by atoms with E-state index in [0.717, 1.165) is 12.0 Å². The molecule has 2 amide bonds. The number of carbonyl (C=O) groups excluding carboxylic acids is 1. The number of rotatable bonds is 4. The van der Waals surface area contributed by atoms with E-state index in [2.05, 4.69) is 10.6 Å². The van der Waals surface area contributed by atoms with Gasteiger partial charge < -0.3 is 20.5 Å². The van der Waals surface area contributed by atoms with Crippen molar-refractivity contribution in [2.45, 2.75) is 31.5 Å². The molecule has 1 aromatic carbocycles. The highest BCUT2D eigenvalue weighted by atomic mass is 35.5. The maximum Gasteiger partial charge on any atom is 0.315 e. The van der Waals surface area contributed by atoms with Gasteiger partial charge in [0, 0.05) is 11.6 Å². The summed E-state index contributed by atoms with van der Waals surface area (Å²) in [5.41, 5.74) is 0.993. The molecule has 20 heavy (non-hydrogen) atoms. The number of ether oxygens (including phenoxy) is 1. The van der Waals surface area contributed by atoms with E-state index < -0.39 is 0 Å². The van der Waals surface area contributed by atoms with E-state index in [0.29, 0.717) is 11.6 Å². The standard InChI is InChI=1S/C14H19ClN2O3/c1-9(8-18)16-14(19)17-12-6-7-20-13(12)10-2-4-11(15)5-3-10/h2-5,9,12-13,18H,6-8H2,1H3,(H2,16,17,19)/t9-,12?,13?/m0/s1. The van der Waals surface area contributed by atoms with Crippen LogP contribution in [0.3, 0.4) is 0 Å². The molecule has 0 radical (unpaired) electrons. The van der Waals surface area contributed by atoms with Crippen LogP contribution < -0.4 is 10.6 Å². The smallest absolute Gasteiger partial charge is 0.315 e. The van der Waals surface area contributed by atoms with Crippen LogP contribution >= 0.6 is 11.6 Å². The zero-order chi connectivity index (χ0) is 14.5. The molecule has 0 spiro atoms. The number of urea groups is 1. The van der Waals surface area contributed by atoms with Crippen LogP contribution in [0.25, 0.3) is 0 Å². The van der Waals surface area contributed by atoms with E-state index in [9.17, 15) is 4.79 Å². The predicted molar refractivity (Wildman–Crippen MR) is 76.8 cm³/mol. The zero-order valence-corrected chi connectivity index (χ0v) is 12.1. The zero-order valence-electron chi connectivity index (χ0n) is 11.3. The van der Waals surface area contributed by atoms with Crippen molar-refractivity contribution >= 4 is 17.6 Å². The number of halogens is 1. The largest absolute Gasteiger partial charge is 0.394 e. The fourth-order valence-electron chi connectivity index (χ4n) is 2.20. The van der Waals surface area contributed by atoms with Crippen molar-refractivity contribution in [1.82, 2.24) is 10.6 Å². The average molecular weight is 299 g/mol. The Morgan fingerprint density at radius 3 is 2.85 bits per heavy atom. The summed E-state index contributed by atoms with van der Waals surface area (Å²) in [5, 5.41) is 15.1. The van der Waals surface area contributed by atoms with Gasteiger partial charge in [0.25, 0.3) is 0 Å². The van der Waals surface area contributed by atoms with Gasteiger partial charge in [0.1, 0.15) is 6.10 Å². The molecule has 3 atom stereocenters. The van der Waals surface area contributed by atoms with E-state index in [1.807, 2.05) is 24.3 Å². The Labute approximate surface area is 123 Å². The number of benzene rings is 1. The number of hydrogen-bond acceptors (Lipinski definition) is 3. The Balaban J connectivity index is 1.97. The van der Waals surface area contributed by atoms with Crippen LogP contribution in [0.15, 0.2) is 24.3 Å². The molecule has 1 aliphatic rings. The van der Waals surface area contributed by atoms with Crippen LogP contribution in [0.2, 0.25) is 5.02 Å². The number of carbonyl (C=O) groups is 1. The molecule has 110 valence electrons. The third-order valence-corrected chi connectivity index (χ3v) is 3.51. The van der Waals surface area contributed by atoms with Crippen molar-refractivity contribution in [2.75, 3.05) is 13.2 Å². The van der Waals surface area contributed by atoms with Crippen LogP contribution in [-0.4, -0.2) is 36.4 Å². The quantitative estimate of drug-likeness (QED) is 0.794. The lowest BCUT2D eigenvalue weighted by atomic mass is 10.0. The van der Waals surface area contributed by atoms with E-state index in [4.69, 9.17) is 21.4 Å². The van der Waals surface area contributed by atoms with Gasteiger partial charge in [-0.05, 0) is 31.0 Å². The number of aliphatic hydroxyl groups excluding tert-OH is 1. The Kier molecular flexibility index (Phi) is 5.23. The molecule has 1 aromatic rings. The third kappa shape index (κ3) is 3.85. The van der Waals surface area contributed by atoms with Crippen molar-refractivity contribution in [1.29, 1.82) is 0 Å². The Morgan fingerprint density at radius 1 is 1.50 bits per heavy atom. The highest BCUT2D eigenvalue weighted by Crippen LogP contribution is 2.29. The van der Waals surface area contributed by atoms with Gasteiger partial charge in [-0.2, -0.15) is 0 Å². The normalized spacial score (nSPS) is 23.4. The fraction of sp³-hybridized carbons (Fsp3) is 0.500. The maximum absolute atomic E-state index is 11.8. The van der Waals surface area contributed by atoms with Crippen LogP contribution in [-0.2, 0) is 4.74 Å². The highest BCUT2D eigenvalue weighted by Gasteiger charge is 2.31. The fourth-order valence-corrected chi connectivity index (χ4v) is 2.32. The molecular weight excluding hydrogens is 280 g/mol. The molecule has 0 aromatic heterocycles. The van der Waals surface area contributed by atoms with Gasteiger partial charge in [0.15, 0.2) is 0 Å². The molecule has 1 fully saturated rings. The predicted octanol–water partition coefficient (Wildman–Crippen LogP) is 1.85. The molecular formula is C14H19ClN2O3. The molecule has 0 bridgehead atoms. The minimum Gasteiger partial charge on any atom is -0.394 e. The molecule has 5 nitrogen and oxygen atoms in total. The van der Waals surface area contributed by atoms with Gasteiger partial charge in [-0.15, -0.1) is 0 Å². The number of amides is 2. The van der Waals surface area contributed by atoms with Crippen LogP contribution in [0.1, 0.15) is 25.0 Å². The Bertz CT molecular complexity index is 452. The summed E-state index contributed by atoms with van der Waals surface area (Å²) in [6, 6.07) is 6.78. The van der Waals surface area contributed by atoms with E-state index in [1.165, 1.54) is 0 Å². The number of aliphatic hydroxyl groups is 1. The van der Waals surface area contributed by atoms with Crippen LogP contribution in [0.5, 0.6) is 0 Å². The first kappa shape index (κ1) is 15.1. The molecule has 3 N–H and O–H groups in total. The van der Waals surface area contributed by atoms with Crippen molar-refractivity contribution in [3.8, 4) is 0 Å². The first-order valence-electron chi connectivity index (χ1n) is 6.65. The van der Waals surface area contributed by atoms with Gasteiger partial charge >= 0.3 is 6.03 Å². The van der Waals surface area contributed by atoms with Gasteiger partial charge in [0.05, 0.1) is 18.7 Å². The molecule has 6 heteroatoms. The molecule has 1 heterocycles. The van der Waals surface area contributed by atoms with E-state index in [1.54, 1.807) is 6.92 Å². The lowest BCUT2D eigenvalue weighted by molar-refractivity contribution is 0.0997. The summed E-state index contributed by atoms with van der Waals surface area (Å²) in [6.07, 6.45) is 0.594. The Morgan fingerprint density at radius 2 is 2.20 bits per heavy atom. The summed E-state index contributed by atoms with van der Waals surface area (Å²) in [6.45, 7) is 2.25. The molecule has 0 saturated carbocycles. The SMILES string of the molecule is C[C@@H](CO)NC(=O)NC1CCOC1c1ccc(Cl)cc1. The Hall–Kier alpha value is -1.30. The van der Waals surface area contributed by atoms with Crippen LogP contribution in [0, 0.1) is 0 Å². The maximum atomic E-state index is 11.8. The number of hydrogen-bond donors (Lipinski definition) is 3. The molecule has 2 unspecified atom stereocenters. The molecule has 0 aliphatic carbocycles. The lowest BCUT2D eigenvalue weighted by Gasteiger charge is -2.21. The molecule has 1 saturated heterocycles. The summed E-state index contributed by atoms with van der Waals surface area (Å²) >= 11 is 5.87.